The minimum Gasteiger partial charge on any atom is -0.497 e. The monoisotopic (exact) mass is 430 g/mol. The fraction of sp³-hybridized carbons (Fsp3) is 0.200. The maximum atomic E-state index is 12.9. The molecular formula is C20H19FN4O4S. The first kappa shape index (κ1) is 21.3. The van der Waals surface area contributed by atoms with E-state index in [2.05, 4.69) is 20.8 Å². The van der Waals surface area contributed by atoms with E-state index in [1.807, 2.05) is 0 Å². The summed E-state index contributed by atoms with van der Waals surface area (Å²) >= 11 is 1.08. The van der Waals surface area contributed by atoms with Gasteiger partial charge in [0.15, 0.2) is 0 Å². The number of hydrogen-bond acceptors (Lipinski definition) is 7. The second-order valence-electron chi connectivity index (χ2n) is 6.08. The Kier molecular flexibility index (Phi) is 7.41. The van der Waals surface area contributed by atoms with E-state index in [1.54, 1.807) is 43.5 Å². The van der Waals surface area contributed by atoms with Crippen LogP contribution in [0, 0.1) is 5.82 Å². The summed E-state index contributed by atoms with van der Waals surface area (Å²) in [5.74, 6) is -0.352. The second-order valence-corrected chi connectivity index (χ2v) is 7.14. The fourth-order valence-corrected chi connectivity index (χ4v) is 3.02. The Morgan fingerprint density at radius 2 is 1.80 bits per heavy atom. The first-order valence-corrected chi connectivity index (χ1v) is 9.72. The lowest BCUT2D eigenvalue weighted by Crippen LogP contribution is -2.27. The Morgan fingerprint density at radius 3 is 2.50 bits per heavy atom. The number of methoxy groups -OCH3 is 1. The summed E-state index contributed by atoms with van der Waals surface area (Å²) in [6.07, 6.45) is 0. The van der Waals surface area contributed by atoms with Crippen LogP contribution >= 0.6 is 11.3 Å². The van der Waals surface area contributed by atoms with E-state index in [4.69, 9.17) is 9.47 Å². The van der Waals surface area contributed by atoms with Crippen molar-refractivity contribution >= 4 is 28.8 Å². The Balaban J connectivity index is 1.40. The van der Waals surface area contributed by atoms with E-state index in [0.29, 0.717) is 16.4 Å². The van der Waals surface area contributed by atoms with Gasteiger partial charge in [-0.15, -0.1) is 10.2 Å². The minimum atomic E-state index is -0.388. The average molecular weight is 430 g/mol. The van der Waals surface area contributed by atoms with Gasteiger partial charge >= 0.3 is 0 Å². The Hall–Kier alpha value is -3.37. The number of nitrogens with zero attached hydrogens (tertiary/aromatic N) is 2. The van der Waals surface area contributed by atoms with E-state index < -0.39 is 0 Å². The molecule has 0 saturated heterocycles. The van der Waals surface area contributed by atoms with E-state index in [-0.39, 0.29) is 42.4 Å². The molecule has 2 amide bonds. The second kappa shape index (κ2) is 10.4. The molecule has 2 aromatic carbocycles. The van der Waals surface area contributed by atoms with Crippen LogP contribution in [-0.2, 0) is 22.7 Å². The zero-order chi connectivity index (χ0) is 21.3. The van der Waals surface area contributed by atoms with Crippen LogP contribution in [0.2, 0.25) is 0 Å². The number of carbonyl (C=O) groups is 2. The van der Waals surface area contributed by atoms with Crippen molar-refractivity contribution in [1.82, 2.24) is 15.5 Å². The molecule has 0 aliphatic heterocycles. The first-order chi connectivity index (χ1) is 14.5. The normalized spacial score (nSPS) is 10.5. The van der Waals surface area contributed by atoms with Gasteiger partial charge in [0.05, 0.1) is 7.11 Å². The van der Waals surface area contributed by atoms with Crippen molar-refractivity contribution in [2.75, 3.05) is 19.0 Å². The van der Waals surface area contributed by atoms with Gasteiger partial charge < -0.3 is 20.1 Å². The van der Waals surface area contributed by atoms with Crippen LogP contribution in [0.5, 0.6) is 5.75 Å². The third-order valence-electron chi connectivity index (χ3n) is 3.87. The summed E-state index contributed by atoms with van der Waals surface area (Å²) in [5.41, 5.74) is 1.38. The summed E-state index contributed by atoms with van der Waals surface area (Å²) < 4.78 is 23.2. The highest BCUT2D eigenvalue weighted by atomic mass is 32.1. The number of amides is 2. The molecule has 0 bridgehead atoms. The van der Waals surface area contributed by atoms with Gasteiger partial charge in [0.1, 0.15) is 29.8 Å². The van der Waals surface area contributed by atoms with Crippen LogP contribution in [0.1, 0.15) is 20.4 Å². The maximum absolute atomic E-state index is 12.9. The molecular weight excluding hydrogens is 411 g/mol. The molecule has 0 unspecified atom stereocenters. The molecule has 156 valence electrons. The van der Waals surface area contributed by atoms with E-state index in [9.17, 15) is 14.0 Å². The summed E-state index contributed by atoms with van der Waals surface area (Å²) in [6, 6.07) is 12.7. The Morgan fingerprint density at radius 1 is 1.07 bits per heavy atom. The highest BCUT2D eigenvalue weighted by Crippen LogP contribution is 2.17. The highest BCUT2D eigenvalue weighted by Gasteiger charge is 2.14. The van der Waals surface area contributed by atoms with Crippen molar-refractivity contribution in [2.45, 2.75) is 13.2 Å². The van der Waals surface area contributed by atoms with Crippen LogP contribution in [-0.4, -0.2) is 35.7 Å². The number of nitrogens with one attached hydrogen (secondary N) is 2. The zero-order valence-electron chi connectivity index (χ0n) is 16.1. The standard InChI is InChI=1S/C20H19FN4O4S/c1-28-16-8-6-15(7-9-16)23-19(27)20-25-24-18(30-20)12-29-11-17(26)22-10-13-2-4-14(21)5-3-13/h2-9H,10-12H2,1H3,(H,22,26)(H,23,27). The quantitative estimate of drug-likeness (QED) is 0.541. The number of halogens is 1. The van der Waals surface area contributed by atoms with E-state index in [1.165, 1.54) is 12.1 Å². The number of hydrogen-bond donors (Lipinski definition) is 2. The van der Waals surface area contributed by atoms with Crippen LogP contribution in [0.3, 0.4) is 0 Å². The van der Waals surface area contributed by atoms with Crippen molar-refractivity contribution in [3.63, 3.8) is 0 Å². The minimum absolute atomic E-state index is 0.0530. The SMILES string of the molecule is COc1ccc(NC(=O)c2nnc(COCC(=O)NCc3ccc(F)cc3)s2)cc1. The molecule has 30 heavy (non-hydrogen) atoms. The number of benzene rings is 2. The molecule has 1 heterocycles. The largest absolute Gasteiger partial charge is 0.497 e. The topological polar surface area (TPSA) is 102 Å². The molecule has 8 nitrogen and oxygen atoms in total. The predicted molar refractivity (Wildman–Crippen MR) is 109 cm³/mol. The van der Waals surface area contributed by atoms with Crippen LogP contribution < -0.4 is 15.4 Å². The van der Waals surface area contributed by atoms with Gasteiger partial charge in [0.2, 0.25) is 10.9 Å². The van der Waals surface area contributed by atoms with Crippen molar-refractivity contribution in [1.29, 1.82) is 0 Å². The lowest BCUT2D eigenvalue weighted by Gasteiger charge is -2.05. The maximum Gasteiger partial charge on any atom is 0.286 e. The van der Waals surface area contributed by atoms with E-state index >= 15 is 0 Å². The van der Waals surface area contributed by atoms with Crippen LogP contribution in [0.15, 0.2) is 48.5 Å². The van der Waals surface area contributed by atoms with Gasteiger partial charge in [-0.3, -0.25) is 9.59 Å². The number of ether oxygens (including phenoxy) is 2. The first-order valence-electron chi connectivity index (χ1n) is 8.90. The molecule has 0 atom stereocenters. The highest BCUT2D eigenvalue weighted by molar-refractivity contribution is 7.13. The summed E-state index contributed by atoms with van der Waals surface area (Å²) in [4.78, 5) is 24.1. The van der Waals surface area contributed by atoms with Crippen molar-refractivity contribution in [3.05, 3.63) is 69.9 Å². The molecule has 0 aliphatic rings. The molecule has 3 aromatic rings. The molecule has 10 heteroatoms. The predicted octanol–water partition coefficient (Wildman–Crippen LogP) is 2.77. The van der Waals surface area contributed by atoms with Gasteiger partial charge in [0, 0.05) is 12.2 Å². The van der Waals surface area contributed by atoms with Crippen LogP contribution in [0.25, 0.3) is 0 Å². The molecule has 3 rings (SSSR count). The third kappa shape index (κ3) is 6.33. The van der Waals surface area contributed by atoms with Crippen LogP contribution in [0.4, 0.5) is 10.1 Å². The van der Waals surface area contributed by atoms with Gasteiger partial charge in [-0.2, -0.15) is 0 Å². The van der Waals surface area contributed by atoms with Gasteiger partial charge in [-0.05, 0) is 42.0 Å². The molecule has 0 saturated carbocycles. The van der Waals surface area contributed by atoms with Crippen molar-refractivity contribution in [2.24, 2.45) is 0 Å². The summed E-state index contributed by atoms with van der Waals surface area (Å²) in [7, 11) is 1.56. The summed E-state index contributed by atoms with van der Waals surface area (Å²) in [5, 5.41) is 13.8. The van der Waals surface area contributed by atoms with Gasteiger partial charge in [-0.1, -0.05) is 23.5 Å². The zero-order valence-corrected chi connectivity index (χ0v) is 16.9. The Bertz CT molecular complexity index is 993. The average Bonchev–Trinajstić information content (AvgIpc) is 3.23. The third-order valence-corrected chi connectivity index (χ3v) is 4.77. The Labute approximate surface area is 176 Å². The number of carbonyl (C=O) groups excluding carboxylic acids is 2. The number of rotatable bonds is 9. The lowest BCUT2D eigenvalue weighted by molar-refractivity contribution is -0.126. The lowest BCUT2D eigenvalue weighted by atomic mass is 10.2. The number of aromatic nitrogens is 2. The van der Waals surface area contributed by atoms with Gasteiger partial charge in [0.25, 0.3) is 5.91 Å². The molecule has 0 aliphatic carbocycles. The van der Waals surface area contributed by atoms with Crippen molar-refractivity contribution < 1.29 is 23.5 Å². The molecule has 2 N–H and O–H groups in total. The molecule has 0 radical (unpaired) electrons. The fourth-order valence-electron chi connectivity index (χ4n) is 2.35. The molecule has 0 fully saturated rings. The smallest absolute Gasteiger partial charge is 0.286 e. The molecule has 0 spiro atoms. The summed E-state index contributed by atoms with van der Waals surface area (Å²) in [6.45, 7) is 0.155. The van der Waals surface area contributed by atoms with E-state index in [0.717, 1.165) is 16.9 Å². The van der Waals surface area contributed by atoms with Gasteiger partial charge in [-0.25, -0.2) is 4.39 Å². The molecule has 1 aromatic heterocycles. The van der Waals surface area contributed by atoms with Crippen molar-refractivity contribution in [3.8, 4) is 5.75 Å². The number of anilines is 1.